The Labute approximate surface area is 204 Å². The lowest BCUT2D eigenvalue weighted by molar-refractivity contribution is -0.135. The van der Waals surface area contributed by atoms with Crippen LogP contribution in [-0.2, 0) is 9.53 Å². The van der Waals surface area contributed by atoms with E-state index in [2.05, 4.69) is 10.00 Å². The fourth-order valence-corrected chi connectivity index (χ4v) is 3.78. The van der Waals surface area contributed by atoms with Gasteiger partial charge in [0.2, 0.25) is 5.69 Å². The van der Waals surface area contributed by atoms with Gasteiger partial charge in [-0.2, -0.15) is 5.10 Å². The van der Waals surface area contributed by atoms with Gasteiger partial charge >= 0.3 is 5.97 Å². The number of rotatable bonds is 10. The highest BCUT2D eigenvalue weighted by atomic mass is 16.5. The van der Waals surface area contributed by atoms with E-state index in [1.54, 1.807) is 22.7 Å². The van der Waals surface area contributed by atoms with Gasteiger partial charge in [-0.1, -0.05) is 36.4 Å². The summed E-state index contributed by atoms with van der Waals surface area (Å²) in [5.74, 6) is 0.358. The molecule has 0 unspecified atom stereocenters. The molecule has 1 fully saturated rings. The Bertz CT molecular complexity index is 1100. The largest absolute Gasteiger partial charge is 0.492 e. The van der Waals surface area contributed by atoms with E-state index in [-0.39, 0.29) is 30.6 Å². The number of ether oxygens (including phenoxy) is 3. The molecule has 1 aliphatic rings. The summed E-state index contributed by atoms with van der Waals surface area (Å²) in [5, 5.41) is 4.32. The average molecular weight is 479 g/mol. The first-order valence-electron chi connectivity index (χ1n) is 11.8. The lowest BCUT2D eigenvalue weighted by Crippen LogP contribution is -2.50. The highest BCUT2D eigenvalue weighted by molar-refractivity contribution is 5.90. The molecular weight excluding hydrogens is 448 g/mol. The number of hydrogen-bond acceptors (Lipinski definition) is 7. The number of nitrogens with zero attached hydrogens (tertiary/aromatic N) is 4. The monoisotopic (exact) mass is 478 g/mol. The van der Waals surface area contributed by atoms with Gasteiger partial charge in [-0.15, -0.1) is 0 Å². The Morgan fingerprint density at radius 3 is 2.29 bits per heavy atom. The van der Waals surface area contributed by atoms with E-state index in [0.29, 0.717) is 19.7 Å². The number of esters is 1. The van der Waals surface area contributed by atoms with Crippen LogP contribution in [0.15, 0.2) is 66.9 Å². The molecule has 184 valence electrons. The maximum Gasteiger partial charge on any atom is 0.362 e. The van der Waals surface area contributed by atoms with Crippen molar-refractivity contribution in [2.24, 2.45) is 0 Å². The van der Waals surface area contributed by atoms with Crippen LogP contribution < -0.4 is 9.47 Å². The van der Waals surface area contributed by atoms with Crippen LogP contribution in [0.25, 0.3) is 5.69 Å². The van der Waals surface area contributed by atoms with Gasteiger partial charge in [-0.05, 0) is 31.2 Å². The molecule has 4 rings (SSSR count). The maximum atomic E-state index is 12.8. The summed E-state index contributed by atoms with van der Waals surface area (Å²) >= 11 is 0. The molecule has 9 nitrogen and oxygen atoms in total. The molecule has 2 aromatic carbocycles. The molecule has 1 aliphatic heterocycles. The van der Waals surface area contributed by atoms with Gasteiger partial charge in [0.1, 0.15) is 12.4 Å². The summed E-state index contributed by atoms with van der Waals surface area (Å²) in [6.45, 7) is 5.93. The third kappa shape index (κ3) is 6.60. The van der Waals surface area contributed by atoms with E-state index < -0.39 is 5.97 Å². The minimum absolute atomic E-state index is 0.0479. The van der Waals surface area contributed by atoms with Gasteiger partial charge < -0.3 is 19.1 Å². The highest BCUT2D eigenvalue weighted by Crippen LogP contribution is 2.21. The van der Waals surface area contributed by atoms with Crippen LogP contribution in [0.2, 0.25) is 0 Å². The van der Waals surface area contributed by atoms with Crippen molar-refractivity contribution in [3.63, 3.8) is 0 Å². The third-order valence-corrected chi connectivity index (χ3v) is 5.67. The van der Waals surface area contributed by atoms with Crippen LogP contribution in [-0.4, -0.2) is 84.0 Å². The number of carbonyl (C=O) groups excluding carboxylic acids is 2. The summed E-state index contributed by atoms with van der Waals surface area (Å²) in [4.78, 5) is 29.2. The van der Waals surface area contributed by atoms with Crippen LogP contribution in [0, 0.1) is 0 Å². The van der Waals surface area contributed by atoms with E-state index >= 15 is 0 Å². The molecule has 35 heavy (non-hydrogen) atoms. The van der Waals surface area contributed by atoms with Gasteiger partial charge in [0.25, 0.3) is 5.91 Å². The van der Waals surface area contributed by atoms with Gasteiger partial charge in [0.15, 0.2) is 12.4 Å². The maximum absolute atomic E-state index is 12.8. The highest BCUT2D eigenvalue weighted by Gasteiger charge is 2.24. The lowest BCUT2D eigenvalue weighted by Gasteiger charge is -2.34. The van der Waals surface area contributed by atoms with E-state index in [4.69, 9.17) is 14.2 Å². The van der Waals surface area contributed by atoms with Crippen LogP contribution in [0.5, 0.6) is 11.5 Å². The number of piperazine rings is 1. The van der Waals surface area contributed by atoms with Crippen LogP contribution in [0.1, 0.15) is 17.4 Å². The molecule has 0 atom stereocenters. The predicted molar refractivity (Wildman–Crippen MR) is 130 cm³/mol. The summed E-state index contributed by atoms with van der Waals surface area (Å²) in [6.07, 6.45) is 1.60. The fourth-order valence-electron chi connectivity index (χ4n) is 3.78. The molecule has 3 aromatic rings. The Balaban J connectivity index is 1.28. The first kappa shape index (κ1) is 24.3. The Morgan fingerprint density at radius 1 is 0.914 bits per heavy atom. The summed E-state index contributed by atoms with van der Waals surface area (Å²) < 4.78 is 18.2. The van der Waals surface area contributed by atoms with E-state index in [9.17, 15) is 9.59 Å². The fraction of sp³-hybridized carbons (Fsp3) is 0.346. The first-order valence-corrected chi connectivity index (χ1v) is 11.8. The second-order valence-corrected chi connectivity index (χ2v) is 8.02. The average Bonchev–Trinajstić information content (AvgIpc) is 3.33. The number of amides is 1. The van der Waals surface area contributed by atoms with Crippen LogP contribution in [0.4, 0.5) is 0 Å². The lowest BCUT2D eigenvalue weighted by atomic mass is 10.3. The van der Waals surface area contributed by atoms with Gasteiger partial charge in [0.05, 0.1) is 18.5 Å². The quantitative estimate of drug-likeness (QED) is 0.414. The molecule has 1 saturated heterocycles. The van der Waals surface area contributed by atoms with Gasteiger partial charge in [-0.3, -0.25) is 9.69 Å². The third-order valence-electron chi connectivity index (χ3n) is 5.67. The molecule has 1 aromatic heterocycles. The minimum Gasteiger partial charge on any atom is -0.492 e. The normalized spacial score (nSPS) is 13.9. The summed E-state index contributed by atoms with van der Waals surface area (Å²) in [7, 11) is 0. The number of carbonyl (C=O) groups is 2. The Morgan fingerprint density at radius 2 is 1.60 bits per heavy atom. The zero-order valence-corrected chi connectivity index (χ0v) is 19.8. The predicted octanol–water partition coefficient (Wildman–Crippen LogP) is 2.65. The zero-order valence-electron chi connectivity index (χ0n) is 19.8. The molecule has 9 heteroatoms. The van der Waals surface area contributed by atoms with Crippen molar-refractivity contribution in [1.29, 1.82) is 0 Å². The molecule has 0 bridgehead atoms. The minimum atomic E-state index is -0.587. The number of aromatic nitrogens is 2. The van der Waals surface area contributed by atoms with Crippen LogP contribution in [0.3, 0.4) is 0 Å². The van der Waals surface area contributed by atoms with Crippen molar-refractivity contribution in [3.8, 4) is 17.2 Å². The van der Waals surface area contributed by atoms with Crippen molar-refractivity contribution in [3.05, 3.63) is 72.6 Å². The Kier molecular flexibility index (Phi) is 8.34. The van der Waals surface area contributed by atoms with Gasteiger partial charge in [0, 0.05) is 32.7 Å². The molecule has 0 aliphatic carbocycles. The molecule has 2 heterocycles. The first-order chi connectivity index (χ1) is 17.1. The summed E-state index contributed by atoms with van der Waals surface area (Å²) in [5.41, 5.74) is 0.818. The van der Waals surface area contributed by atoms with Crippen LogP contribution >= 0.6 is 0 Å². The number of para-hydroxylation sites is 2. The van der Waals surface area contributed by atoms with E-state index in [1.165, 1.54) is 0 Å². The van der Waals surface area contributed by atoms with E-state index in [1.807, 2.05) is 60.7 Å². The van der Waals surface area contributed by atoms with Crippen molar-refractivity contribution in [1.82, 2.24) is 19.6 Å². The zero-order chi connectivity index (χ0) is 24.5. The van der Waals surface area contributed by atoms with Crippen molar-refractivity contribution >= 4 is 11.9 Å². The second kappa shape index (κ2) is 12.0. The SMILES string of the molecule is CCOC(=O)c1nn(-c2ccccc2)cc1OCC(=O)N1CCN(CCOc2ccccc2)CC1. The van der Waals surface area contributed by atoms with Crippen molar-refractivity contribution < 1.29 is 23.8 Å². The second-order valence-electron chi connectivity index (χ2n) is 8.02. The molecule has 0 N–H and O–H groups in total. The number of benzene rings is 2. The smallest absolute Gasteiger partial charge is 0.362 e. The Hall–Kier alpha value is -3.85. The van der Waals surface area contributed by atoms with Gasteiger partial charge in [-0.25, -0.2) is 9.48 Å². The summed E-state index contributed by atoms with van der Waals surface area (Å²) in [6, 6.07) is 19.1. The van der Waals surface area contributed by atoms with E-state index in [0.717, 1.165) is 31.1 Å². The molecule has 0 radical (unpaired) electrons. The topological polar surface area (TPSA) is 86.1 Å². The van der Waals surface area contributed by atoms with Crippen molar-refractivity contribution in [2.45, 2.75) is 6.92 Å². The molecule has 0 spiro atoms. The molecular formula is C26H30N4O5. The molecule has 0 saturated carbocycles. The standard InChI is InChI=1S/C26H30N4O5/c1-2-33-26(32)25-23(19-30(27-25)21-9-5-3-6-10-21)35-20-24(31)29-15-13-28(14-16-29)17-18-34-22-11-7-4-8-12-22/h3-12,19H,2,13-18,20H2,1H3. The van der Waals surface area contributed by atoms with Crippen molar-refractivity contribution in [2.75, 3.05) is 52.5 Å². The number of hydrogen-bond donors (Lipinski definition) is 0. The molecule has 1 amide bonds.